The van der Waals surface area contributed by atoms with Crippen molar-refractivity contribution in [2.45, 2.75) is 51.7 Å². The van der Waals surface area contributed by atoms with Gasteiger partial charge in [0.05, 0.1) is 0 Å². The lowest BCUT2D eigenvalue weighted by molar-refractivity contribution is 0.0736. The highest BCUT2D eigenvalue weighted by molar-refractivity contribution is 7.80. The summed E-state index contributed by atoms with van der Waals surface area (Å²) >= 11 is 5.38. The van der Waals surface area contributed by atoms with Gasteiger partial charge in [0.25, 0.3) is 0 Å². The van der Waals surface area contributed by atoms with Crippen molar-refractivity contribution in [1.29, 1.82) is 0 Å². The first kappa shape index (κ1) is 14.3. The van der Waals surface area contributed by atoms with Crippen molar-refractivity contribution in [2.75, 3.05) is 0 Å². The van der Waals surface area contributed by atoms with E-state index in [1.165, 1.54) is 24.8 Å². The minimum absolute atomic E-state index is 0.542. The Morgan fingerprint density at radius 3 is 2.47 bits per heavy atom. The Labute approximate surface area is 121 Å². The van der Waals surface area contributed by atoms with Gasteiger partial charge in [-0.05, 0) is 44.5 Å². The van der Waals surface area contributed by atoms with Crippen LogP contribution in [0, 0.1) is 0 Å². The Balaban J connectivity index is 1.80. The normalized spacial score (nSPS) is 23.9. The number of hydrogen-bond donors (Lipinski definition) is 2. The molecule has 0 bridgehead atoms. The fraction of sp³-hybridized carbons (Fsp3) is 0.533. The van der Waals surface area contributed by atoms with Crippen LogP contribution in [0.1, 0.15) is 38.7 Å². The van der Waals surface area contributed by atoms with Gasteiger partial charge in [0, 0.05) is 18.6 Å². The first-order chi connectivity index (χ1) is 9.16. The Morgan fingerprint density at radius 2 is 1.84 bits per heavy atom. The molecular weight excluding hydrogens is 254 g/mol. The predicted molar refractivity (Wildman–Crippen MR) is 83.6 cm³/mol. The van der Waals surface area contributed by atoms with Gasteiger partial charge < -0.3 is 5.32 Å². The van der Waals surface area contributed by atoms with E-state index in [1.54, 1.807) is 0 Å². The maximum atomic E-state index is 5.38. The van der Waals surface area contributed by atoms with Crippen LogP contribution in [0.5, 0.6) is 0 Å². The van der Waals surface area contributed by atoms with Gasteiger partial charge in [0.2, 0.25) is 0 Å². The molecule has 0 spiro atoms. The summed E-state index contributed by atoms with van der Waals surface area (Å²) in [6.45, 7) is 5.27. The van der Waals surface area contributed by atoms with E-state index in [-0.39, 0.29) is 0 Å². The van der Waals surface area contributed by atoms with Crippen LogP contribution in [0.15, 0.2) is 30.3 Å². The summed E-state index contributed by atoms with van der Waals surface area (Å²) in [4.78, 5) is 0. The number of hydrazine groups is 1. The average molecular weight is 277 g/mol. The van der Waals surface area contributed by atoms with E-state index in [2.05, 4.69) is 41.7 Å². The van der Waals surface area contributed by atoms with E-state index >= 15 is 0 Å². The zero-order chi connectivity index (χ0) is 13.7. The monoisotopic (exact) mass is 277 g/mol. The van der Waals surface area contributed by atoms with Gasteiger partial charge >= 0.3 is 0 Å². The molecule has 0 aromatic heterocycles. The molecule has 104 valence electrons. The van der Waals surface area contributed by atoms with Crippen LogP contribution in [0.2, 0.25) is 0 Å². The van der Waals surface area contributed by atoms with E-state index in [0.717, 1.165) is 6.54 Å². The number of benzene rings is 1. The van der Waals surface area contributed by atoms with Crippen molar-refractivity contribution in [3.63, 3.8) is 0 Å². The number of thiocarbonyl (C=S) groups is 1. The SMILES string of the molecule is C[C@@H]1CCC[C@@H](C)N1NC(=S)NCc1ccccc1. The largest absolute Gasteiger partial charge is 0.358 e. The third kappa shape index (κ3) is 4.18. The molecule has 1 aromatic rings. The van der Waals surface area contributed by atoms with Gasteiger partial charge in [-0.3, -0.25) is 5.43 Å². The summed E-state index contributed by atoms with van der Waals surface area (Å²) in [6.07, 6.45) is 3.78. The zero-order valence-corrected chi connectivity index (χ0v) is 12.5. The van der Waals surface area contributed by atoms with Crippen molar-refractivity contribution in [1.82, 2.24) is 15.8 Å². The highest BCUT2D eigenvalue weighted by Crippen LogP contribution is 2.19. The van der Waals surface area contributed by atoms with Crippen LogP contribution in [0.25, 0.3) is 0 Å². The molecular formula is C15H23N3S. The van der Waals surface area contributed by atoms with E-state index < -0.39 is 0 Å². The smallest absolute Gasteiger partial charge is 0.181 e. The standard InChI is InChI=1S/C15H23N3S/c1-12-7-6-8-13(2)18(12)17-15(19)16-11-14-9-4-3-5-10-14/h3-5,9-10,12-13H,6-8,11H2,1-2H3,(H2,16,17,19)/t12-,13-/m1/s1. The van der Waals surface area contributed by atoms with Gasteiger partial charge in [-0.1, -0.05) is 36.8 Å². The lowest BCUT2D eigenvalue weighted by atomic mass is 10.00. The maximum absolute atomic E-state index is 5.38. The number of piperidine rings is 1. The Hall–Kier alpha value is -1.13. The predicted octanol–water partition coefficient (Wildman–Crippen LogP) is 2.83. The molecule has 19 heavy (non-hydrogen) atoms. The number of hydrogen-bond acceptors (Lipinski definition) is 2. The highest BCUT2D eigenvalue weighted by Gasteiger charge is 2.24. The summed E-state index contributed by atoms with van der Waals surface area (Å²) in [5, 5.41) is 6.26. The number of rotatable bonds is 3. The van der Waals surface area contributed by atoms with E-state index in [9.17, 15) is 0 Å². The van der Waals surface area contributed by atoms with Gasteiger partial charge in [-0.15, -0.1) is 0 Å². The van der Waals surface area contributed by atoms with Crippen molar-refractivity contribution in [3.8, 4) is 0 Å². The summed E-state index contributed by atoms with van der Waals surface area (Å²) < 4.78 is 0. The zero-order valence-electron chi connectivity index (χ0n) is 11.7. The topological polar surface area (TPSA) is 27.3 Å². The molecule has 0 amide bonds. The van der Waals surface area contributed by atoms with E-state index in [1.807, 2.05) is 18.2 Å². The molecule has 1 aliphatic heterocycles. The lowest BCUT2D eigenvalue weighted by Crippen LogP contribution is -2.56. The molecule has 2 N–H and O–H groups in total. The number of nitrogens with one attached hydrogen (secondary N) is 2. The van der Waals surface area contributed by atoms with E-state index in [4.69, 9.17) is 12.2 Å². The molecule has 2 rings (SSSR count). The molecule has 0 saturated carbocycles. The summed E-state index contributed by atoms with van der Waals surface area (Å²) in [7, 11) is 0. The molecule has 3 nitrogen and oxygen atoms in total. The highest BCUT2D eigenvalue weighted by atomic mass is 32.1. The Bertz CT molecular complexity index is 397. The lowest BCUT2D eigenvalue weighted by Gasteiger charge is -2.39. The second-order valence-corrected chi connectivity index (χ2v) is 5.72. The van der Waals surface area contributed by atoms with Crippen molar-refractivity contribution in [2.24, 2.45) is 0 Å². The van der Waals surface area contributed by atoms with Gasteiger partial charge in [-0.2, -0.15) is 0 Å². The number of nitrogens with zero attached hydrogens (tertiary/aromatic N) is 1. The van der Waals surface area contributed by atoms with Crippen molar-refractivity contribution < 1.29 is 0 Å². The molecule has 0 radical (unpaired) electrons. The second kappa shape index (κ2) is 6.87. The summed E-state index contributed by atoms with van der Waals surface area (Å²) in [5.41, 5.74) is 4.58. The third-order valence-corrected chi connectivity index (χ3v) is 3.96. The Kier molecular flexibility index (Phi) is 5.16. The fourth-order valence-corrected chi connectivity index (χ4v) is 2.75. The molecule has 2 atom stereocenters. The molecule has 1 saturated heterocycles. The molecule has 1 aromatic carbocycles. The van der Waals surface area contributed by atoms with Crippen LogP contribution in [0.4, 0.5) is 0 Å². The van der Waals surface area contributed by atoms with Crippen LogP contribution >= 0.6 is 12.2 Å². The second-order valence-electron chi connectivity index (χ2n) is 5.32. The summed E-state index contributed by atoms with van der Waals surface area (Å²) in [5.74, 6) is 0. The first-order valence-electron chi connectivity index (χ1n) is 7.03. The average Bonchev–Trinajstić information content (AvgIpc) is 2.42. The van der Waals surface area contributed by atoms with Crippen LogP contribution < -0.4 is 10.7 Å². The quantitative estimate of drug-likeness (QED) is 0.831. The molecule has 0 unspecified atom stereocenters. The van der Waals surface area contributed by atoms with E-state index in [0.29, 0.717) is 17.2 Å². The first-order valence-corrected chi connectivity index (χ1v) is 7.44. The van der Waals surface area contributed by atoms with Crippen LogP contribution in [-0.2, 0) is 6.54 Å². The van der Waals surface area contributed by atoms with Crippen molar-refractivity contribution in [3.05, 3.63) is 35.9 Å². The minimum atomic E-state index is 0.542. The third-order valence-electron chi connectivity index (χ3n) is 3.72. The minimum Gasteiger partial charge on any atom is -0.358 e. The Morgan fingerprint density at radius 1 is 1.21 bits per heavy atom. The molecule has 1 fully saturated rings. The van der Waals surface area contributed by atoms with Crippen LogP contribution in [0.3, 0.4) is 0 Å². The van der Waals surface area contributed by atoms with Crippen molar-refractivity contribution >= 4 is 17.3 Å². The molecule has 4 heteroatoms. The molecule has 1 aliphatic rings. The van der Waals surface area contributed by atoms with Gasteiger partial charge in [0.1, 0.15) is 0 Å². The van der Waals surface area contributed by atoms with Gasteiger partial charge in [-0.25, -0.2) is 5.01 Å². The van der Waals surface area contributed by atoms with Crippen LogP contribution in [-0.4, -0.2) is 22.2 Å². The van der Waals surface area contributed by atoms with Gasteiger partial charge in [0.15, 0.2) is 5.11 Å². The summed E-state index contributed by atoms with van der Waals surface area (Å²) in [6, 6.07) is 11.4. The maximum Gasteiger partial charge on any atom is 0.181 e. The molecule has 1 heterocycles. The molecule has 0 aliphatic carbocycles. The fourth-order valence-electron chi connectivity index (χ4n) is 2.58.